The summed E-state index contributed by atoms with van der Waals surface area (Å²) >= 11 is 0. The van der Waals surface area contributed by atoms with E-state index in [1.165, 1.54) is 4.90 Å². The lowest BCUT2D eigenvalue weighted by atomic mass is 10.2. The molecule has 1 fully saturated rings. The molecule has 0 spiro atoms. The first-order chi connectivity index (χ1) is 8.92. The van der Waals surface area contributed by atoms with Gasteiger partial charge >= 0.3 is 5.97 Å². The quantitative estimate of drug-likeness (QED) is 0.560. The van der Waals surface area contributed by atoms with E-state index in [2.05, 4.69) is 5.32 Å². The number of amides is 2. The molecule has 2 amide bonds. The van der Waals surface area contributed by atoms with Gasteiger partial charge in [0.1, 0.15) is 6.04 Å². The van der Waals surface area contributed by atoms with Crippen LogP contribution in [-0.2, 0) is 19.1 Å². The number of nitrogens with one attached hydrogen (secondary N) is 1. The van der Waals surface area contributed by atoms with Crippen LogP contribution >= 0.6 is 0 Å². The Bertz CT molecular complexity index is 370. The number of rotatable bonds is 6. The maximum Gasteiger partial charge on any atom is 0.322 e. The smallest absolute Gasteiger partial charge is 0.322 e. The molecule has 3 atom stereocenters. The Kier molecular flexibility index (Phi) is 5.47. The Hall–Kier alpha value is -1.43. The van der Waals surface area contributed by atoms with Gasteiger partial charge in [0.2, 0.25) is 11.8 Å². The van der Waals surface area contributed by atoms with Crippen molar-refractivity contribution in [3.63, 3.8) is 0 Å². The molecule has 1 saturated heterocycles. The van der Waals surface area contributed by atoms with Crippen LogP contribution in [0.15, 0.2) is 0 Å². The van der Waals surface area contributed by atoms with Crippen LogP contribution in [0.4, 0.5) is 0 Å². The molecular weight excluding hydrogens is 248 g/mol. The summed E-state index contributed by atoms with van der Waals surface area (Å²) in [6.07, 6.45) is 0.824. The van der Waals surface area contributed by atoms with Crippen molar-refractivity contribution < 1.29 is 19.1 Å². The fraction of sp³-hybridized carbons (Fsp3) is 0.769. The number of likely N-dealkylation sites (tertiary alicyclic amines) is 1. The molecule has 0 aromatic heterocycles. The average molecular weight is 270 g/mol. The molecule has 1 aliphatic heterocycles. The second kappa shape index (κ2) is 6.65. The van der Waals surface area contributed by atoms with Crippen LogP contribution in [-0.4, -0.2) is 47.4 Å². The highest BCUT2D eigenvalue weighted by atomic mass is 16.5. The van der Waals surface area contributed by atoms with Crippen LogP contribution in [0.2, 0.25) is 0 Å². The van der Waals surface area contributed by atoms with Gasteiger partial charge in [-0.3, -0.25) is 24.6 Å². The van der Waals surface area contributed by atoms with E-state index >= 15 is 0 Å². The van der Waals surface area contributed by atoms with E-state index < -0.39 is 18.1 Å². The third kappa shape index (κ3) is 3.53. The van der Waals surface area contributed by atoms with Crippen molar-refractivity contribution in [2.75, 3.05) is 6.61 Å². The van der Waals surface area contributed by atoms with Gasteiger partial charge in [-0.05, 0) is 27.2 Å². The Labute approximate surface area is 113 Å². The second-order valence-electron chi connectivity index (χ2n) is 4.76. The summed E-state index contributed by atoms with van der Waals surface area (Å²) in [5, 5.41) is 2.87. The van der Waals surface area contributed by atoms with E-state index in [-0.39, 0.29) is 24.3 Å². The van der Waals surface area contributed by atoms with Gasteiger partial charge < -0.3 is 4.74 Å². The fourth-order valence-corrected chi connectivity index (χ4v) is 2.06. The lowest BCUT2D eigenvalue weighted by Gasteiger charge is -2.22. The van der Waals surface area contributed by atoms with Crippen molar-refractivity contribution in [1.29, 1.82) is 0 Å². The molecule has 0 radical (unpaired) electrons. The number of nitrogens with zero attached hydrogens (tertiary/aromatic N) is 1. The van der Waals surface area contributed by atoms with Crippen molar-refractivity contribution in [2.45, 2.75) is 58.7 Å². The van der Waals surface area contributed by atoms with Crippen molar-refractivity contribution >= 4 is 17.8 Å². The van der Waals surface area contributed by atoms with Crippen molar-refractivity contribution in [3.05, 3.63) is 0 Å². The van der Waals surface area contributed by atoms with Gasteiger partial charge in [0.05, 0.1) is 19.1 Å². The van der Waals surface area contributed by atoms with E-state index in [9.17, 15) is 14.4 Å². The maximum absolute atomic E-state index is 12.1. The summed E-state index contributed by atoms with van der Waals surface area (Å²) < 4.78 is 4.86. The number of carbonyl (C=O) groups is 3. The molecule has 1 rings (SSSR count). The molecule has 3 unspecified atom stereocenters. The Morgan fingerprint density at radius 3 is 2.58 bits per heavy atom. The van der Waals surface area contributed by atoms with Gasteiger partial charge in [-0.25, -0.2) is 0 Å². The first-order valence-electron chi connectivity index (χ1n) is 6.70. The largest absolute Gasteiger partial charge is 0.465 e. The zero-order valence-electron chi connectivity index (χ0n) is 11.9. The Morgan fingerprint density at radius 1 is 1.42 bits per heavy atom. The third-order valence-corrected chi connectivity index (χ3v) is 3.31. The Balaban J connectivity index is 2.64. The van der Waals surface area contributed by atoms with Crippen LogP contribution < -0.4 is 5.32 Å². The second-order valence-corrected chi connectivity index (χ2v) is 4.76. The summed E-state index contributed by atoms with van der Waals surface area (Å²) in [6, 6.07) is -1.33. The minimum Gasteiger partial charge on any atom is -0.465 e. The molecular formula is C13H22N2O4. The summed E-state index contributed by atoms with van der Waals surface area (Å²) in [6.45, 7) is 7.41. The normalized spacial score (nSPS) is 22.5. The summed E-state index contributed by atoms with van der Waals surface area (Å²) in [7, 11) is 0. The number of ether oxygens (including phenoxy) is 1. The molecule has 6 heteroatoms. The molecule has 0 aromatic rings. The molecule has 1 heterocycles. The standard InChI is InChI=1S/C13H22N2O4/c1-5-8(3)15-11(16)7-10(12(15)17)14-9(4)13(18)19-6-2/h8-10,14H,5-7H2,1-4H3. The first kappa shape index (κ1) is 15.6. The zero-order valence-corrected chi connectivity index (χ0v) is 11.9. The minimum atomic E-state index is -0.624. The lowest BCUT2D eigenvalue weighted by molar-refractivity contribution is -0.145. The topological polar surface area (TPSA) is 75.7 Å². The van der Waals surface area contributed by atoms with Crippen LogP contribution in [0.1, 0.15) is 40.5 Å². The number of carbonyl (C=O) groups excluding carboxylic acids is 3. The van der Waals surface area contributed by atoms with Gasteiger partial charge in [-0.1, -0.05) is 6.92 Å². The van der Waals surface area contributed by atoms with Gasteiger partial charge in [-0.15, -0.1) is 0 Å². The van der Waals surface area contributed by atoms with Crippen molar-refractivity contribution in [1.82, 2.24) is 10.2 Å². The number of imide groups is 1. The average Bonchev–Trinajstić information content (AvgIpc) is 2.64. The summed E-state index contributed by atoms with van der Waals surface area (Å²) in [5.74, 6) is -0.854. The van der Waals surface area contributed by atoms with E-state index in [0.717, 1.165) is 6.42 Å². The molecule has 1 N–H and O–H groups in total. The highest BCUT2D eigenvalue weighted by Gasteiger charge is 2.41. The molecule has 19 heavy (non-hydrogen) atoms. The van der Waals surface area contributed by atoms with Gasteiger partial charge in [0, 0.05) is 6.04 Å². The summed E-state index contributed by atoms with van der Waals surface area (Å²) in [5.41, 5.74) is 0. The SMILES string of the molecule is CCOC(=O)C(C)NC1CC(=O)N(C(C)CC)C1=O. The molecule has 0 aliphatic carbocycles. The molecule has 1 aliphatic rings. The van der Waals surface area contributed by atoms with Crippen molar-refractivity contribution in [3.8, 4) is 0 Å². The maximum atomic E-state index is 12.1. The predicted molar refractivity (Wildman–Crippen MR) is 69.2 cm³/mol. The van der Waals surface area contributed by atoms with E-state index in [4.69, 9.17) is 4.74 Å². The van der Waals surface area contributed by atoms with Crippen LogP contribution in [0.5, 0.6) is 0 Å². The van der Waals surface area contributed by atoms with Gasteiger partial charge in [0.25, 0.3) is 0 Å². The summed E-state index contributed by atoms with van der Waals surface area (Å²) in [4.78, 5) is 36.7. The van der Waals surface area contributed by atoms with E-state index in [1.54, 1.807) is 13.8 Å². The number of esters is 1. The molecule has 0 saturated carbocycles. The van der Waals surface area contributed by atoms with E-state index in [0.29, 0.717) is 6.61 Å². The predicted octanol–water partition coefficient (Wildman–Crippen LogP) is 0.454. The van der Waals surface area contributed by atoms with Crippen molar-refractivity contribution in [2.24, 2.45) is 0 Å². The Morgan fingerprint density at radius 2 is 2.05 bits per heavy atom. The number of hydrogen-bond acceptors (Lipinski definition) is 5. The van der Waals surface area contributed by atoms with Crippen LogP contribution in [0.25, 0.3) is 0 Å². The van der Waals surface area contributed by atoms with Gasteiger partial charge in [-0.2, -0.15) is 0 Å². The van der Waals surface area contributed by atoms with Crippen LogP contribution in [0.3, 0.4) is 0 Å². The zero-order chi connectivity index (χ0) is 14.6. The lowest BCUT2D eigenvalue weighted by Crippen LogP contribution is -2.47. The highest BCUT2D eigenvalue weighted by molar-refractivity contribution is 6.06. The first-order valence-corrected chi connectivity index (χ1v) is 6.70. The highest BCUT2D eigenvalue weighted by Crippen LogP contribution is 2.18. The van der Waals surface area contributed by atoms with Crippen LogP contribution in [0, 0.1) is 0 Å². The molecule has 0 aromatic carbocycles. The fourth-order valence-electron chi connectivity index (χ4n) is 2.06. The number of hydrogen-bond donors (Lipinski definition) is 1. The molecule has 6 nitrogen and oxygen atoms in total. The minimum absolute atomic E-state index is 0.104. The van der Waals surface area contributed by atoms with E-state index in [1.807, 2.05) is 13.8 Å². The molecule has 108 valence electrons. The van der Waals surface area contributed by atoms with Gasteiger partial charge in [0.15, 0.2) is 0 Å². The molecule has 0 bridgehead atoms. The third-order valence-electron chi connectivity index (χ3n) is 3.31. The monoisotopic (exact) mass is 270 g/mol.